The van der Waals surface area contributed by atoms with Crippen molar-refractivity contribution in [2.45, 2.75) is 26.3 Å². The molecular weight excluding hydrogens is 346 g/mol. The highest BCUT2D eigenvalue weighted by atomic mass is 16.5. The molecule has 140 valence electrons. The van der Waals surface area contributed by atoms with Crippen LogP contribution < -0.4 is 14.8 Å². The molecule has 1 aromatic carbocycles. The van der Waals surface area contributed by atoms with Crippen molar-refractivity contribution >= 4 is 5.91 Å². The van der Waals surface area contributed by atoms with Crippen molar-refractivity contribution in [3.8, 4) is 23.0 Å². The molecule has 2 N–H and O–H groups in total. The molecule has 3 aromatic rings. The maximum Gasteiger partial charge on any atom is 0.272 e. The first-order valence-electron chi connectivity index (χ1n) is 8.93. The van der Waals surface area contributed by atoms with Crippen molar-refractivity contribution in [2.75, 3.05) is 13.2 Å². The molecule has 0 fully saturated rings. The Balaban J connectivity index is 1.46. The van der Waals surface area contributed by atoms with Gasteiger partial charge >= 0.3 is 0 Å². The van der Waals surface area contributed by atoms with Crippen LogP contribution in [0.4, 0.5) is 0 Å². The lowest BCUT2D eigenvalue weighted by atomic mass is 10.1. The zero-order valence-electron chi connectivity index (χ0n) is 15.2. The van der Waals surface area contributed by atoms with E-state index in [0.29, 0.717) is 36.1 Å². The molecular formula is C20H21N3O4. The van der Waals surface area contributed by atoms with Crippen molar-refractivity contribution in [2.24, 2.45) is 0 Å². The summed E-state index contributed by atoms with van der Waals surface area (Å²) < 4.78 is 16.9. The molecule has 3 heterocycles. The summed E-state index contributed by atoms with van der Waals surface area (Å²) in [6.45, 7) is 5.06. The van der Waals surface area contributed by atoms with E-state index in [1.54, 1.807) is 6.07 Å². The van der Waals surface area contributed by atoms with E-state index in [1.807, 2.05) is 44.2 Å². The summed E-state index contributed by atoms with van der Waals surface area (Å²) in [5.41, 5.74) is 1.90. The monoisotopic (exact) mass is 367 g/mol. The molecule has 0 unspecified atom stereocenters. The molecule has 7 heteroatoms. The number of ether oxygens (including phenoxy) is 2. The molecule has 0 spiro atoms. The highest BCUT2D eigenvalue weighted by molar-refractivity contribution is 5.93. The Morgan fingerprint density at radius 3 is 2.74 bits per heavy atom. The highest BCUT2D eigenvalue weighted by Crippen LogP contribution is 2.32. The number of rotatable bonds is 4. The van der Waals surface area contributed by atoms with Gasteiger partial charge in [0, 0.05) is 12.5 Å². The number of nitrogens with one attached hydrogen (secondary N) is 2. The second-order valence-corrected chi connectivity index (χ2v) is 6.53. The molecule has 1 aliphatic rings. The van der Waals surface area contributed by atoms with Gasteiger partial charge < -0.3 is 19.2 Å². The van der Waals surface area contributed by atoms with Gasteiger partial charge in [-0.05, 0) is 43.7 Å². The van der Waals surface area contributed by atoms with Crippen LogP contribution in [0.2, 0.25) is 0 Å². The summed E-state index contributed by atoms with van der Waals surface area (Å²) in [6.07, 6.45) is 0.854. The lowest BCUT2D eigenvalue weighted by molar-refractivity contribution is 0.0934. The van der Waals surface area contributed by atoms with Crippen LogP contribution in [0.5, 0.6) is 11.5 Å². The van der Waals surface area contributed by atoms with Crippen molar-refractivity contribution < 1.29 is 18.7 Å². The summed E-state index contributed by atoms with van der Waals surface area (Å²) in [5.74, 6) is 2.63. The van der Waals surface area contributed by atoms with Gasteiger partial charge in [-0.25, -0.2) is 0 Å². The number of H-pyrrole nitrogens is 1. The number of aromatic nitrogens is 2. The van der Waals surface area contributed by atoms with Gasteiger partial charge in [0.15, 0.2) is 23.0 Å². The largest absolute Gasteiger partial charge is 0.490 e. The first-order valence-corrected chi connectivity index (χ1v) is 8.93. The SMILES string of the molecule is Cc1ccc(-c2cc(C(=O)N[C@H](C)c3ccc4c(c3)OCCCO4)n[nH]2)o1. The molecule has 7 nitrogen and oxygen atoms in total. The molecule has 0 saturated heterocycles. The van der Waals surface area contributed by atoms with E-state index in [2.05, 4.69) is 15.5 Å². The summed E-state index contributed by atoms with van der Waals surface area (Å²) >= 11 is 0. The molecule has 2 aromatic heterocycles. The van der Waals surface area contributed by atoms with Crippen molar-refractivity contribution in [1.82, 2.24) is 15.5 Å². The summed E-state index contributed by atoms with van der Waals surface area (Å²) in [7, 11) is 0. The van der Waals surface area contributed by atoms with E-state index in [1.165, 1.54) is 0 Å². The van der Waals surface area contributed by atoms with E-state index in [0.717, 1.165) is 23.5 Å². The van der Waals surface area contributed by atoms with Crippen LogP contribution in [0.15, 0.2) is 40.8 Å². The van der Waals surface area contributed by atoms with Crippen LogP contribution in [0, 0.1) is 6.92 Å². The Labute approximate surface area is 156 Å². The van der Waals surface area contributed by atoms with Gasteiger partial charge in [0.05, 0.1) is 19.3 Å². The van der Waals surface area contributed by atoms with Gasteiger partial charge in [-0.3, -0.25) is 9.89 Å². The standard InChI is InChI=1S/C20H21N3O4/c1-12-4-6-17(27-12)15-11-16(23-22-15)20(24)21-13(2)14-5-7-18-19(10-14)26-9-3-8-25-18/h4-7,10-11,13H,3,8-9H2,1-2H3,(H,21,24)(H,22,23)/t13-/m1/s1. The van der Waals surface area contributed by atoms with E-state index >= 15 is 0 Å². The molecule has 0 bridgehead atoms. The van der Waals surface area contributed by atoms with Crippen LogP contribution in [0.25, 0.3) is 11.5 Å². The third kappa shape index (κ3) is 3.67. The predicted molar refractivity (Wildman–Crippen MR) is 99.0 cm³/mol. The molecule has 0 aliphatic carbocycles. The first-order chi connectivity index (χ1) is 13.1. The van der Waals surface area contributed by atoms with Gasteiger partial charge in [0.1, 0.15) is 11.5 Å². The number of aromatic amines is 1. The lowest BCUT2D eigenvalue weighted by Gasteiger charge is -2.15. The van der Waals surface area contributed by atoms with Crippen molar-refractivity contribution in [3.05, 3.63) is 53.4 Å². The predicted octanol–water partition coefficient (Wildman–Crippen LogP) is 3.63. The molecule has 4 rings (SSSR count). The van der Waals surface area contributed by atoms with Gasteiger partial charge in [0.25, 0.3) is 5.91 Å². The van der Waals surface area contributed by atoms with Crippen molar-refractivity contribution in [3.63, 3.8) is 0 Å². The average Bonchev–Trinajstić information content (AvgIpc) is 3.25. The number of aryl methyl sites for hydroxylation is 1. The fourth-order valence-corrected chi connectivity index (χ4v) is 2.95. The number of hydrogen-bond acceptors (Lipinski definition) is 5. The number of carbonyl (C=O) groups excluding carboxylic acids is 1. The molecule has 1 atom stereocenters. The molecule has 1 amide bonds. The summed E-state index contributed by atoms with van der Waals surface area (Å²) in [6, 6.07) is 10.9. The minimum atomic E-state index is -0.264. The number of nitrogens with zero attached hydrogens (tertiary/aromatic N) is 1. The second kappa shape index (κ2) is 7.19. The number of fused-ring (bicyclic) bond motifs is 1. The van der Waals surface area contributed by atoms with Crippen LogP contribution >= 0.6 is 0 Å². The average molecular weight is 367 g/mol. The quantitative estimate of drug-likeness (QED) is 0.735. The summed E-state index contributed by atoms with van der Waals surface area (Å²) in [4.78, 5) is 12.5. The molecule has 27 heavy (non-hydrogen) atoms. The van der Waals surface area contributed by atoms with Crippen molar-refractivity contribution in [1.29, 1.82) is 0 Å². The maximum absolute atomic E-state index is 12.5. The Bertz CT molecular complexity index is 960. The third-order valence-corrected chi connectivity index (χ3v) is 4.44. The van der Waals surface area contributed by atoms with Gasteiger partial charge in [-0.1, -0.05) is 6.07 Å². The zero-order chi connectivity index (χ0) is 18.8. The topological polar surface area (TPSA) is 89.4 Å². The zero-order valence-corrected chi connectivity index (χ0v) is 15.2. The normalized spacial score (nSPS) is 14.4. The number of furan rings is 1. The van der Waals surface area contributed by atoms with E-state index in [-0.39, 0.29) is 11.9 Å². The van der Waals surface area contributed by atoms with Crippen LogP contribution in [-0.4, -0.2) is 29.3 Å². The number of carbonyl (C=O) groups is 1. The summed E-state index contributed by atoms with van der Waals surface area (Å²) in [5, 5.41) is 9.88. The van der Waals surface area contributed by atoms with E-state index in [4.69, 9.17) is 13.9 Å². The number of benzene rings is 1. The van der Waals surface area contributed by atoms with Gasteiger partial charge in [-0.15, -0.1) is 0 Å². The fraction of sp³-hybridized carbons (Fsp3) is 0.300. The van der Waals surface area contributed by atoms with Crippen LogP contribution in [-0.2, 0) is 0 Å². The second-order valence-electron chi connectivity index (χ2n) is 6.53. The smallest absolute Gasteiger partial charge is 0.272 e. The Kier molecular flexibility index (Phi) is 4.58. The lowest BCUT2D eigenvalue weighted by Crippen LogP contribution is -2.27. The Morgan fingerprint density at radius 1 is 1.15 bits per heavy atom. The Hall–Kier alpha value is -3.22. The van der Waals surface area contributed by atoms with E-state index in [9.17, 15) is 4.79 Å². The number of amides is 1. The minimum absolute atomic E-state index is 0.208. The Morgan fingerprint density at radius 2 is 1.96 bits per heavy atom. The first kappa shape index (κ1) is 17.2. The molecule has 1 aliphatic heterocycles. The molecule has 0 radical (unpaired) electrons. The van der Waals surface area contributed by atoms with Gasteiger partial charge in [0.2, 0.25) is 0 Å². The minimum Gasteiger partial charge on any atom is -0.490 e. The third-order valence-electron chi connectivity index (χ3n) is 4.44. The van der Waals surface area contributed by atoms with Crippen LogP contribution in [0.1, 0.15) is 41.2 Å². The van der Waals surface area contributed by atoms with E-state index < -0.39 is 0 Å². The molecule has 0 saturated carbocycles. The fourth-order valence-electron chi connectivity index (χ4n) is 2.95. The maximum atomic E-state index is 12.5. The van der Waals surface area contributed by atoms with Gasteiger partial charge in [-0.2, -0.15) is 5.10 Å². The van der Waals surface area contributed by atoms with Crippen LogP contribution in [0.3, 0.4) is 0 Å². The number of hydrogen-bond donors (Lipinski definition) is 2. The highest BCUT2D eigenvalue weighted by Gasteiger charge is 2.18.